The number of piperazine rings is 1. The van der Waals surface area contributed by atoms with Crippen LogP contribution in [0.15, 0.2) is 27.8 Å². The van der Waals surface area contributed by atoms with Crippen molar-refractivity contribution >= 4 is 27.7 Å². The minimum absolute atomic E-state index is 0.0530. The maximum absolute atomic E-state index is 12.6. The quantitative estimate of drug-likeness (QED) is 0.370. The average molecular weight is 355 g/mol. The Labute approximate surface area is 132 Å². The molecule has 114 valence electrons. The van der Waals surface area contributed by atoms with Gasteiger partial charge in [-0.25, -0.2) is 0 Å². The van der Waals surface area contributed by atoms with Gasteiger partial charge in [-0.15, -0.1) is 0 Å². The third-order valence-corrected chi connectivity index (χ3v) is 4.53. The molecule has 1 heterocycles. The monoisotopic (exact) mass is 354 g/mol. The smallest absolute Gasteiger partial charge is 0.254 e. The molecule has 6 nitrogen and oxygen atoms in total. The van der Waals surface area contributed by atoms with Gasteiger partial charge in [0.1, 0.15) is 0 Å². The fourth-order valence-corrected chi connectivity index (χ4v) is 2.75. The van der Waals surface area contributed by atoms with Crippen LogP contribution in [0.25, 0.3) is 0 Å². The Balaban J connectivity index is 1.99. The molecule has 2 rings (SSSR count). The number of hydrogen-bond donors (Lipinski definition) is 2. The number of benzene rings is 1. The highest BCUT2D eigenvalue weighted by molar-refractivity contribution is 9.10. The summed E-state index contributed by atoms with van der Waals surface area (Å²) in [7, 11) is 0. The van der Waals surface area contributed by atoms with Crippen LogP contribution in [-0.4, -0.2) is 59.5 Å². The summed E-state index contributed by atoms with van der Waals surface area (Å²) in [5.41, 5.74) is 7.19. The first-order chi connectivity index (χ1) is 10.0. The molecule has 0 aliphatic carbocycles. The molecule has 21 heavy (non-hydrogen) atoms. The van der Waals surface area contributed by atoms with Crippen molar-refractivity contribution in [3.05, 3.63) is 33.8 Å². The number of oxime groups is 1. The Bertz CT molecular complexity index is 554. The van der Waals surface area contributed by atoms with Gasteiger partial charge in [0.15, 0.2) is 5.84 Å². The van der Waals surface area contributed by atoms with Crippen molar-refractivity contribution in [3.8, 4) is 0 Å². The molecule has 0 saturated carbocycles. The van der Waals surface area contributed by atoms with Crippen LogP contribution >= 0.6 is 15.9 Å². The lowest BCUT2D eigenvalue weighted by molar-refractivity contribution is 0.0652. The number of carbonyl (C=O) groups is 1. The molecule has 0 atom stereocenters. The second kappa shape index (κ2) is 6.91. The highest BCUT2D eigenvalue weighted by Crippen LogP contribution is 2.21. The number of hydrogen-bond acceptors (Lipinski definition) is 4. The van der Waals surface area contributed by atoms with Crippen LogP contribution < -0.4 is 5.73 Å². The van der Waals surface area contributed by atoms with Crippen LogP contribution in [0.2, 0.25) is 0 Å². The number of halogens is 1. The van der Waals surface area contributed by atoms with E-state index >= 15 is 0 Å². The lowest BCUT2D eigenvalue weighted by Gasteiger charge is -2.34. The van der Waals surface area contributed by atoms with E-state index in [9.17, 15) is 4.79 Å². The van der Waals surface area contributed by atoms with Crippen LogP contribution in [0, 0.1) is 6.92 Å². The molecular weight excluding hydrogens is 336 g/mol. The molecule has 0 spiro atoms. The van der Waals surface area contributed by atoms with E-state index in [1.165, 1.54) is 0 Å². The van der Waals surface area contributed by atoms with Crippen molar-refractivity contribution in [2.45, 2.75) is 6.92 Å². The predicted molar refractivity (Wildman–Crippen MR) is 84.6 cm³/mol. The van der Waals surface area contributed by atoms with Gasteiger partial charge in [-0.3, -0.25) is 9.69 Å². The number of amidine groups is 1. The maximum atomic E-state index is 12.6. The van der Waals surface area contributed by atoms with Gasteiger partial charge in [0.25, 0.3) is 5.91 Å². The molecule has 3 N–H and O–H groups in total. The zero-order valence-electron chi connectivity index (χ0n) is 11.9. The van der Waals surface area contributed by atoms with E-state index in [1.807, 2.05) is 30.0 Å². The maximum Gasteiger partial charge on any atom is 0.254 e. The lowest BCUT2D eigenvalue weighted by Crippen LogP contribution is -2.50. The minimum atomic E-state index is 0.0530. The van der Waals surface area contributed by atoms with Gasteiger partial charge < -0.3 is 15.8 Å². The molecule has 0 radical (unpaired) electrons. The van der Waals surface area contributed by atoms with Crippen molar-refractivity contribution in [2.24, 2.45) is 10.9 Å². The Hall–Kier alpha value is -1.60. The van der Waals surface area contributed by atoms with E-state index in [0.717, 1.165) is 28.7 Å². The molecule has 1 saturated heterocycles. The minimum Gasteiger partial charge on any atom is -0.409 e. The molecule has 1 aromatic rings. The van der Waals surface area contributed by atoms with E-state index in [2.05, 4.69) is 26.0 Å². The third-order valence-electron chi connectivity index (χ3n) is 3.67. The molecule has 0 aromatic heterocycles. The van der Waals surface area contributed by atoms with E-state index in [0.29, 0.717) is 19.6 Å². The standard InChI is InChI=1S/C14H19BrN4O2/c1-10-11(3-2-4-12(10)15)14(20)19-7-5-18(6-8-19)9-13(16)17-21/h2-4,21H,5-9H2,1H3,(H2,16,17). The van der Waals surface area contributed by atoms with Crippen LogP contribution in [0.3, 0.4) is 0 Å². The zero-order valence-corrected chi connectivity index (χ0v) is 13.5. The summed E-state index contributed by atoms with van der Waals surface area (Å²) in [6.07, 6.45) is 0. The van der Waals surface area contributed by atoms with Crippen LogP contribution in [0.4, 0.5) is 0 Å². The van der Waals surface area contributed by atoms with Crippen LogP contribution in [0.1, 0.15) is 15.9 Å². The predicted octanol–water partition coefficient (Wildman–Crippen LogP) is 1.26. The fraction of sp³-hybridized carbons (Fsp3) is 0.429. The number of nitrogens with two attached hydrogens (primary N) is 1. The molecule has 1 amide bonds. The molecule has 1 fully saturated rings. The van der Waals surface area contributed by atoms with E-state index in [1.54, 1.807) is 0 Å². The molecule has 0 bridgehead atoms. The molecule has 1 aliphatic rings. The first kappa shape index (κ1) is 15.8. The number of carbonyl (C=O) groups excluding carboxylic acids is 1. The van der Waals surface area contributed by atoms with Gasteiger partial charge in [-0.05, 0) is 24.6 Å². The summed E-state index contributed by atoms with van der Waals surface area (Å²) in [6, 6.07) is 5.66. The second-order valence-electron chi connectivity index (χ2n) is 5.07. The van der Waals surface area contributed by atoms with Crippen LogP contribution in [-0.2, 0) is 0 Å². The highest BCUT2D eigenvalue weighted by atomic mass is 79.9. The van der Waals surface area contributed by atoms with Gasteiger partial charge in [-0.1, -0.05) is 27.2 Å². The second-order valence-corrected chi connectivity index (χ2v) is 5.93. The lowest BCUT2D eigenvalue weighted by atomic mass is 10.1. The zero-order chi connectivity index (χ0) is 15.4. The number of amides is 1. The average Bonchev–Trinajstić information content (AvgIpc) is 2.50. The topological polar surface area (TPSA) is 82.2 Å². The van der Waals surface area contributed by atoms with Crippen molar-refractivity contribution in [3.63, 3.8) is 0 Å². The summed E-state index contributed by atoms with van der Waals surface area (Å²) < 4.78 is 0.943. The van der Waals surface area contributed by atoms with Crippen molar-refractivity contribution in [2.75, 3.05) is 32.7 Å². The number of nitrogens with zero attached hydrogens (tertiary/aromatic N) is 3. The molecular formula is C14H19BrN4O2. The Morgan fingerprint density at radius 3 is 2.67 bits per heavy atom. The highest BCUT2D eigenvalue weighted by Gasteiger charge is 2.23. The largest absolute Gasteiger partial charge is 0.409 e. The first-order valence-electron chi connectivity index (χ1n) is 6.76. The fourth-order valence-electron chi connectivity index (χ4n) is 2.38. The summed E-state index contributed by atoms with van der Waals surface area (Å²) >= 11 is 3.45. The Kier molecular flexibility index (Phi) is 5.19. The SMILES string of the molecule is Cc1c(Br)cccc1C(=O)N1CCN(CC(N)=NO)CC1. The number of rotatable bonds is 3. The van der Waals surface area contributed by atoms with Crippen molar-refractivity contribution in [1.82, 2.24) is 9.80 Å². The van der Waals surface area contributed by atoms with E-state index < -0.39 is 0 Å². The van der Waals surface area contributed by atoms with Gasteiger partial charge in [0, 0.05) is 36.2 Å². The Morgan fingerprint density at radius 2 is 2.05 bits per heavy atom. The summed E-state index contributed by atoms with van der Waals surface area (Å²) in [4.78, 5) is 16.5. The third kappa shape index (κ3) is 3.74. The van der Waals surface area contributed by atoms with Crippen LogP contribution in [0.5, 0.6) is 0 Å². The van der Waals surface area contributed by atoms with E-state index in [-0.39, 0.29) is 11.7 Å². The van der Waals surface area contributed by atoms with Crippen molar-refractivity contribution < 1.29 is 10.0 Å². The normalized spacial score (nSPS) is 17.0. The molecule has 1 aliphatic heterocycles. The Morgan fingerprint density at radius 1 is 1.38 bits per heavy atom. The van der Waals surface area contributed by atoms with E-state index in [4.69, 9.17) is 10.9 Å². The van der Waals surface area contributed by atoms with Gasteiger partial charge in [-0.2, -0.15) is 0 Å². The van der Waals surface area contributed by atoms with Gasteiger partial charge in [0.2, 0.25) is 0 Å². The first-order valence-corrected chi connectivity index (χ1v) is 7.55. The summed E-state index contributed by atoms with van der Waals surface area (Å²) in [6.45, 7) is 5.08. The molecule has 0 unspecified atom stereocenters. The van der Waals surface area contributed by atoms with Gasteiger partial charge >= 0.3 is 0 Å². The molecule has 1 aromatic carbocycles. The van der Waals surface area contributed by atoms with Crippen molar-refractivity contribution in [1.29, 1.82) is 0 Å². The van der Waals surface area contributed by atoms with Gasteiger partial charge in [0.05, 0.1) is 6.54 Å². The molecule has 7 heteroatoms. The summed E-state index contributed by atoms with van der Waals surface area (Å²) in [5, 5.41) is 11.6. The summed E-state index contributed by atoms with van der Waals surface area (Å²) in [5.74, 6) is 0.245.